The fraction of sp³-hybridized carbons (Fsp3) is 0.286. The minimum absolute atomic E-state index is 0.232. The minimum atomic E-state index is -0.253. The summed E-state index contributed by atoms with van der Waals surface area (Å²) in [7, 11) is 3.11. The maximum absolute atomic E-state index is 12.0. The molecule has 0 aromatic heterocycles. The Hall–Kier alpha value is -1.95. The summed E-state index contributed by atoms with van der Waals surface area (Å²) in [5.74, 6) is 0.944. The Bertz CT molecular complexity index is 583. The molecule has 1 aliphatic heterocycles. The highest BCUT2D eigenvalue weighted by molar-refractivity contribution is 8.18. The Balaban J connectivity index is 2.32. The van der Waals surface area contributed by atoms with Gasteiger partial charge in [-0.3, -0.25) is 14.5 Å². The van der Waals surface area contributed by atoms with Crippen molar-refractivity contribution < 1.29 is 19.1 Å². The molecule has 1 saturated heterocycles. The van der Waals surface area contributed by atoms with Crippen LogP contribution in [0.1, 0.15) is 12.5 Å². The molecule has 1 fully saturated rings. The third-order valence-electron chi connectivity index (χ3n) is 2.90. The van der Waals surface area contributed by atoms with E-state index in [9.17, 15) is 9.59 Å². The molecule has 0 bridgehead atoms. The lowest BCUT2D eigenvalue weighted by atomic mass is 10.2. The number of carbonyl (C=O) groups is 2. The largest absolute Gasteiger partial charge is 0.493 e. The van der Waals surface area contributed by atoms with E-state index in [1.54, 1.807) is 45.4 Å². The first-order valence-electron chi connectivity index (χ1n) is 6.08. The number of nitrogens with zero attached hydrogens (tertiary/aromatic N) is 1. The van der Waals surface area contributed by atoms with Crippen molar-refractivity contribution in [3.05, 3.63) is 28.7 Å². The van der Waals surface area contributed by atoms with Gasteiger partial charge in [-0.15, -0.1) is 0 Å². The Morgan fingerprint density at radius 2 is 1.90 bits per heavy atom. The summed E-state index contributed by atoms with van der Waals surface area (Å²) in [6.45, 7) is 2.16. The predicted molar refractivity (Wildman–Crippen MR) is 77.9 cm³/mol. The molecule has 2 amide bonds. The summed E-state index contributed by atoms with van der Waals surface area (Å²) in [6, 6.07) is 5.33. The molecule has 1 aromatic rings. The normalized spacial score (nSPS) is 16.9. The average molecular weight is 293 g/mol. The van der Waals surface area contributed by atoms with Crippen molar-refractivity contribution in [2.24, 2.45) is 0 Å². The van der Waals surface area contributed by atoms with Gasteiger partial charge in [0, 0.05) is 6.54 Å². The summed E-state index contributed by atoms with van der Waals surface area (Å²) < 4.78 is 10.4. The van der Waals surface area contributed by atoms with Crippen molar-refractivity contribution in [2.45, 2.75) is 6.92 Å². The van der Waals surface area contributed by atoms with Gasteiger partial charge >= 0.3 is 0 Å². The van der Waals surface area contributed by atoms with Crippen LogP contribution in [-0.2, 0) is 4.79 Å². The van der Waals surface area contributed by atoms with Crippen LogP contribution >= 0.6 is 11.8 Å². The molecule has 0 saturated carbocycles. The Kier molecular flexibility index (Phi) is 4.34. The van der Waals surface area contributed by atoms with E-state index in [0.717, 1.165) is 17.3 Å². The highest BCUT2D eigenvalue weighted by Crippen LogP contribution is 2.34. The number of ether oxygens (including phenoxy) is 2. The number of hydrogen-bond donors (Lipinski definition) is 0. The van der Waals surface area contributed by atoms with E-state index in [2.05, 4.69) is 0 Å². The lowest BCUT2D eigenvalue weighted by Gasteiger charge is -2.08. The molecule has 2 rings (SSSR count). The summed E-state index contributed by atoms with van der Waals surface area (Å²) in [4.78, 5) is 25.3. The Morgan fingerprint density at radius 3 is 2.45 bits per heavy atom. The molecule has 1 heterocycles. The molecule has 5 nitrogen and oxygen atoms in total. The van der Waals surface area contributed by atoms with E-state index in [1.165, 1.54) is 4.90 Å². The molecule has 0 N–H and O–H groups in total. The SMILES string of the molecule is CCN1C(=O)SC(=Cc2ccc(OC)c(OC)c2)C1=O. The van der Waals surface area contributed by atoms with Crippen molar-refractivity contribution in [3.8, 4) is 11.5 Å². The second kappa shape index (κ2) is 6.00. The van der Waals surface area contributed by atoms with Crippen molar-refractivity contribution in [1.82, 2.24) is 4.90 Å². The number of carbonyl (C=O) groups excluding carboxylic acids is 2. The number of amides is 2. The van der Waals surface area contributed by atoms with E-state index in [0.29, 0.717) is 22.9 Å². The van der Waals surface area contributed by atoms with Gasteiger partial charge in [-0.05, 0) is 42.5 Å². The van der Waals surface area contributed by atoms with Crippen LogP contribution in [0.3, 0.4) is 0 Å². The summed E-state index contributed by atoms with van der Waals surface area (Å²) in [5.41, 5.74) is 0.782. The molecule has 106 valence electrons. The lowest BCUT2D eigenvalue weighted by Crippen LogP contribution is -2.27. The van der Waals surface area contributed by atoms with Gasteiger partial charge < -0.3 is 9.47 Å². The zero-order valence-electron chi connectivity index (χ0n) is 11.5. The van der Waals surface area contributed by atoms with Crippen LogP contribution in [0.25, 0.3) is 6.08 Å². The van der Waals surface area contributed by atoms with Gasteiger partial charge in [0.15, 0.2) is 11.5 Å². The Morgan fingerprint density at radius 1 is 1.20 bits per heavy atom. The van der Waals surface area contributed by atoms with Crippen molar-refractivity contribution in [2.75, 3.05) is 20.8 Å². The van der Waals surface area contributed by atoms with Gasteiger partial charge in [-0.1, -0.05) is 6.07 Å². The molecule has 0 aliphatic carbocycles. The molecule has 6 heteroatoms. The zero-order valence-corrected chi connectivity index (χ0v) is 12.3. The number of rotatable bonds is 4. The third kappa shape index (κ3) is 2.65. The number of thioether (sulfide) groups is 1. The van der Waals surface area contributed by atoms with Gasteiger partial charge in [0.05, 0.1) is 19.1 Å². The van der Waals surface area contributed by atoms with Gasteiger partial charge in [-0.2, -0.15) is 0 Å². The molecular formula is C14H15NO4S. The van der Waals surface area contributed by atoms with Crippen LogP contribution in [0.5, 0.6) is 11.5 Å². The maximum atomic E-state index is 12.0. The average Bonchev–Trinajstić information content (AvgIpc) is 2.72. The third-order valence-corrected chi connectivity index (χ3v) is 3.80. The van der Waals surface area contributed by atoms with Crippen LogP contribution in [0.15, 0.2) is 23.1 Å². The minimum Gasteiger partial charge on any atom is -0.493 e. The van der Waals surface area contributed by atoms with Crippen LogP contribution < -0.4 is 9.47 Å². The van der Waals surface area contributed by atoms with Gasteiger partial charge in [0.2, 0.25) is 0 Å². The Labute approximate surface area is 121 Å². The van der Waals surface area contributed by atoms with E-state index < -0.39 is 0 Å². The van der Waals surface area contributed by atoms with Crippen LogP contribution in [0.4, 0.5) is 4.79 Å². The molecule has 0 atom stereocenters. The number of hydrogen-bond acceptors (Lipinski definition) is 5. The van der Waals surface area contributed by atoms with Gasteiger partial charge in [0.1, 0.15) is 0 Å². The molecule has 1 aliphatic rings. The fourth-order valence-corrected chi connectivity index (χ4v) is 2.77. The van der Waals surface area contributed by atoms with E-state index >= 15 is 0 Å². The summed E-state index contributed by atoms with van der Waals surface area (Å²) in [5, 5.41) is -0.232. The van der Waals surface area contributed by atoms with Crippen LogP contribution in [-0.4, -0.2) is 36.8 Å². The first-order chi connectivity index (χ1) is 9.60. The second-order valence-corrected chi connectivity index (χ2v) is 5.03. The van der Waals surface area contributed by atoms with E-state index in [4.69, 9.17) is 9.47 Å². The van der Waals surface area contributed by atoms with Crippen molar-refractivity contribution >= 4 is 29.0 Å². The lowest BCUT2D eigenvalue weighted by molar-refractivity contribution is -0.122. The quantitative estimate of drug-likeness (QED) is 0.799. The standard InChI is InChI=1S/C14H15NO4S/c1-4-15-13(16)12(20-14(15)17)8-9-5-6-10(18-2)11(7-9)19-3/h5-8H,4H2,1-3H3. The topological polar surface area (TPSA) is 55.8 Å². The highest BCUT2D eigenvalue weighted by atomic mass is 32.2. The smallest absolute Gasteiger partial charge is 0.293 e. The zero-order chi connectivity index (χ0) is 14.7. The van der Waals surface area contributed by atoms with E-state index in [1.807, 2.05) is 0 Å². The highest BCUT2D eigenvalue weighted by Gasteiger charge is 2.33. The molecule has 0 spiro atoms. The predicted octanol–water partition coefficient (Wildman–Crippen LogP) is 2.76. The van der Waals surface area contributed by atoms with Crippen molar-refractivity contribution in [1.29, 1.82) is 0 Å². The summed E-state index contributed by atoms with van der Waals surface area (Å²) >= 11 is 0.951. The molecular weight excluding hydrogens is 278 g/mol. The summed E-state index contributed by atoms with van der Waals surface area (Å²) in [6.07, 6.45) is 1.68. The number of methoxy groups -OCH3 is 2. The first-order valence-corrected chi connectivity index (χ1v) is 6.89. The molecule has 20 heavy (non-hydrogen) atoms. The van der Waals surface area contributed by atoms with Crippen molar-refractivity contribution in [3.63, 3.8) is 0 Å². The maximum Gasteiger partial charge on any atom is 0.293 e. The first kappa shape index (κ1) is 14.5. The van der Waals surface area contributed by atoms with Gasteiger partial charge in [0.25, 0.3) is 11.1 Å². The van der Waals surface area contributed by atoms with Crippen LogP contribution in [0, 0.1) is 0 Å². The van der Waals surface area contributed by atoms with Crippen LogP contribution in [0.2, 0.25) is 0 Å². The number of likely N-dealkylation sites (N-methyl/N-ethyl adjacent to an activating group) is 1. The molecule has 0 radical (unpaired) electrons. The van der Waals surface area contributed by atoms with Gasteiger partial charge in [-0.25, -0.2) is 0 Å². The monoisotopic (exact) mass is 293 g/mol. The number of imide groups is 1. The number of benzene rings is 1. The second-order valence-electron chi connectivity index (χ2n) is 4.04. The molecule has 0 unspecified atom stereocenters. The fourth-order valence-electron chi connectivity index (χ4n) is 1.87. The van der Waals surface area contributed by atoms with E-state index in [-0.39, 0.29) is 11.1 Å². The molecule has 1 aromatic carbocycles.